The Balaban J connectivity index is 1.47. The number of sulfonamides is 1. The number of halogens is 4. The molecule has 2 aromatic carbocycles. The lowest BCUT2D eigenvalue weighted by molar-refractivity contribution is -0.137. The van der Waals surface area contributed by atoms with Crippen molar-refractivity contribution in [1.29, 1.82) is 0 Å². The number of alkyl halides is 3. The average molecular weight is 500 g/mol. The normalized spacial score (nSPS) is 18.2. The lowest BCUT2D eigenvalue weighted by Gasteiger charge is -2.36. The van der Waals surface area contributed by atoms with Gasteiger partial charge in [0.2, 0.25) is 10.0 Å². The highest BCUT2D eigenvalue weighted by atomic mass is 32.2. The van der Waals surface area contributed by atoms with Crippen LogP contribution in [0.1, 0.15) is 35.2 Å². The van der Waals surface area contributed by atoms with E-state index in [1.54, 1.807) is 11.0 Å². The zero-order valence-corrected chi connectivity index (χ0v) is 19.2. The summed E-state index contributed by atoms with van der Waals surface area (Å²) in [4.78, 5) is 15.8. The van der Waals surface area contributed by atoms with Crippen LogP contribution < -0.4 is 4.90 Å². The first kappa shape index (κ1) is 24.5. The maximum atomic E-state index is 14.5. The first-order valence-electron chi connectivity index (χ1n) is 11.1. The summed E-state index contributed by atoms with van der Waals surface area (Å²) in [7, 11) is -4.05. The summed E-state index contributed by atoms with van der Waals surface area (Å²) in [5.74, 6) is -1.35. The Morgan fingerprint density at radius 2 is 1.53 bits per heavy atom. The van der Waals surface area contributed by atoms with E-state index in [-0.39, 0.29) is 18.7 Å². The maximum absolute atomic E-state index is 14.5. The fourth-order valence-electron chi connectivity index (χ4n) is 4.31. The Morgan fingerprint density at radius 1 is 0.853 bits per heavy atom. The largest absolute Gasteiger partial charge is 0.416 e. The molecule has 6 nitrogen and oxygen atoms in total. The van der Waals surface area contributed by atoms with Crippen LogP contribution in [0.3, 0.4) is 0 Å². The van der Waals surface area contributed by atoms with E-state index in [0.717, 1.165) is 30.7 Å². The quantitative estimate of drug-likeness (QED) is 0.598. The van der Waals surface area contributed by atoms with E-state index in [0.29, 0.717) is 44.7 Å². The third-order valence-corrected chi connectivity index (χ3v) is 8.13. The van der Waals surface area contributed by atoms with E-state index < -0.39 is 38.4 Å². The van der Waals surface area contributed by atoms with Crippen molar-refractivity contribution in [1.82, 2.24) is 9.21 Å². The van der Waals surface area contributed by atoms with Crippen molar-refractivity contribution >= 4 is 21.6 Å². The van der Waals surface area contributed by atoms with E-state index in [2.05, 4.69) is 0 Å². The summed E-state index contributed by atoms with van der Waals surface area (Å²) < 4.78 is 80.6. The smallest absolute Gasteiger partial charge is 0.368 e. The van der Waals surface area contributed by atoms with Gasteiger partial charge in [-0.15, -0.1) is 0 Å². The molecule has 2 fully saturated rings. The number of nitrogens with zero attached hydrogens (tertiary/aromatic N) is 3. The summed E-state index contributed by atoms with van der Waals surface area (Å²) >= 11 is 0. The highest BCUT2D eigenvalue weighted by Crippen LogP contribution is 2.32. The van der Waals surface area contributed by atoms with Gasteiger partial charge in [-0.25, -0.2) is 12.8 Å². The monoisotopic (exact) mass is 499 g/mol. The van der Waals surface area contributed by atoms with Crippen molar-refractivity contribution < 1.29 is 30.8 Å². The van der Waals surface area contributed by atoms with Crippen LogP contribution in [0.15, 0.2) is 47.4 Å². The number of hydrogen-bond acceptors (Lipinski definition) is 4. The fourth-order valence-corrected chi connectivity index (χ4v) is 5.92. The van der Waals surface area contributed by atoms with Gasteiger partial charge in [-0.3, -0.25) is 4.79 Å². The third-order valence-electron chi connectivity index (χ3n) is 6.22. The SMILES string of the molecule is O=C(c1ccc(F)c(S(=O)(=O)N2CCCCC2)c1)N1CCN(c2cccc(C(F)(F)F)c2)CC1. The van der Waals surface area contributed by atoms with Crippen LogP contribution in [0, 0.1) is 5.82 Å². The van der Waals surface area contributed by atoms with Crippen molar-refractivity contribution in [3.05, 3.63) is 59.4 Å². The van der Waals surface area contributed by atoms with Crippen LogP contribution in [-0.4, -0.2) is 62.8 Å². The molecule has 2 saturated heterocycles. The summed E-state index contributed by atoms with van der Waals surface area (Å²) in [5, 5.41) is 0. The number of hydrogen-bond donors (Lipinski definition) is 0. The molecule has 2 aliphatic rings. The van der Waals surface area contributed by atoms with Crippen LogP contribution in [0.2, 0.25) is 0 Å². The Labute approximate surface area is 195 Å². The van der Waals surface area contributed by atoms with Crippen molar-refractivity contribution in [2.45, 2.75) is 30.3 Å². The molecule has 0 radical (unpaired) electrons. The molecule has 0 N–H and O–H groups in total. The Hall–Kier alpha value is -2.66. The Kier molecular flexibility index (Phi) is 6.86. The lowest BCUT2D eigenvalue weighted by atomic mass is 10.1. The maximum Gasteiger partial charge on any atom is 0.416 e. The molecule has 1 amide bonds. The van der Waals surface area contributed by atoms with E-state index in [4.69, 9.17) is 0 Å². The molecule has 184 valence electrons. The molecule has 4 rings (SSSR count). The van der Waals surface area contributed by atoms with E-state index in [1.165, 1.54) is 21.3 Å². The van der Waals surface area contributed by atoms with Crippen LogP contribution in [0.4, 0.5) is 23.2 Å². The van der Waals surface area contributed by atoms with Gasteiger partial charge in [0.15, 0.2) is 0 Å². The molecule has 2 aliphatic heterocycles. The second-order valence-electron chi connectivity index (χ2n) is 8.44. The summed E-state index contributed by atoms with van der Waals surface area (Å²) in [6, 6.07) is 8.35. The Bertz CT molecular complexity index is 1160. The van der Waals surface area contributed by atoms with Gasteiger partial charge in [0.25, 0.3) is 5.91 Å². The van der Waals surface area contributed by atoms with E-state index >= 15 is 0 Å². The highest BCUT2D eigenvalue weighted by molar-refractivity contribution is 7.89. The number of piperazine rings is 1. The molecule has 0 unspecified atom stereocenters. The molecular formula is C23H25F4N3O3S. The second-order valence-corrected chi connectivity index (χ2v) is 10.3. The minimum atomic E-state index is -4.44. The van der Waals surface area contributed by atoms with Gasteiger partial charge >= 0.3 is 6.18 Å². The van der Waals surface area contributed by atoms with Crippen LogP contribution in [-0.2, 0) is 16.2 Å². The molecule has 34 heavy (non-hydrogen) atoms. The molecule has 0 atom stereocenters. The van der Waals surface area contributed by atoms with Crippen LogP contribution >= 0.6 is 0 Å². The van der Waals surface area contributed by atoms with Crippen molar-refractivity contribution in [2.75, 3.05) is 44.2 Å². The molecule has 0 saturated carbocycles. The fraction of sp³-hybridized carbons (Fsp3) is 0.435. The summed E-state index contributed by atoms with van der Waals surface area (Å²) in [6.45, 7) is 1.73. The predicted octanol–water partition coefficient (Wildman–Crippen LogP) is 3.98. The standard InChI is InChI=1S/C23H25F4N3O3S/c24-20-8-7-17(15-21(20)34(32,33)30-9-2-1-3-10-30)22(31)29-13-11-28(12-14-29)19-6-4-5-18(16-19)23(25,26)27/h4-8,15-16H,1-3,9-14H2. The van der Waals surface area contributed by atoms with Crippen LogP contribution in [0.25, 0.3) is 0 Å². The topological polar surface area (TPSA) is 60.9 Å². The number of anilines is 1. The van der Waals surface area contributed by atoms with Crippen LogP contribution in [0.5, 0.6) is 0 Å². The first-order valence-corrected chi connectivity index (χ1v) is 12.5. The number of carbonyl (C=O) groups excluding carboxylic acids is 1. The number of rotatable bonds is 4. The average Bonchev–Trinajstić information content (AvgIpc) is 2.84. The Morgan fingerprint density at radius 3 is 2.18 bits per heavy atom. The third kappa shape index (κ3) is 5.05. The predicted molar refractivity (Wildman–Crippen MR) is 119 cm³/mol. The zero-order chi connectivity index (χ0) is 24.5. The van der Waals surface area contributed by atoms with Gasteiger partial charge in [-0.1, -0.05) is 12.5 Å². The van der Waals surface area contributed by atoms with Gasteiger partial charge in [0.1, 0.15) is 10.7 Å². The van der Waals surface area contributed by atoms with Crippen molar-refractivity contribution in [2.24, 2.45) is 0 Å². The molecule has 0 spiro atoms. The first-order chi connectivity index (χ1) is 16.1. The molecule has 0 aliphatic carbocycles. The van der Waals surface area contributed by atoms with Gasteiger partial charge < -0.3 is 9.80 Å². The minimum Gasteiger partial charge on any atom is -0.368 e. The number of amides is 1. The second kappa shape index (κ2) is 9.53. The molecule has 0 aromatic heterocycles. The summed E-state index contributed by atoms with van der Waals surface area (Å²) in [6.07, 6.45) is -2.12. The van der Waals surface area contributed by atoms with Crippen molar-refractivity contribution in [3.8, 4) is 0 Å². The van der Waals surface area contributed by atoms with Gasteiger partial charge in [-0.2, -0.15) is 17.5 Å². The number of benzene rings is 2. The number of carbonyl (C=O) groups is 1. The van der Waals surface area contributed by atoms with Crippen molar-refractivity contribution in [3.63, 3.8) is 0 Å². The highest BCUT2D eigenvalue weighted by Gasteiger charge is 2.32. The molecular weight excluding hydrogens is 474 g/mol. The van der Waals surface area contributed by atoms with E-state index in [9.17, 15) is 30.8 Å². The van der Waals surface area contributed by atoms with Gasteiger partial charge in [-0.05, 0) is 49.2 Å². The number of piperidine rings is 1. The van der Waals surface area contributed by atoms with E-state index in [1.807, 2.05) is 0 Å². The van der Waals surface area contributed by atoms with Gasteiger partial charge in [0.05, 0.1) is 5.56 Å². The molecule has 2 aromatic rings. The van der Waals surface area contributed by atoms with Gasteiger partial charge in [0, 0.05) is 50.5 Å². The zero-order valence-electron chi connectivity index (χ0n) is 18.4. The molecule has 11 heteroatoms. The minimum absolute atomic E-state index is 0.0597. The molecule has 2 heterocycles. The lowest BCUT2D eigenvalue weighted by Crippen LogP contribution is -2.48. The molecule has 0 bridgehead atoms. The summed E-state index contributed by atoms with van der Waals surface area (Å²) in [5.41, 5.74) is -0.264.